The van der Waals surface area contributed by atoms with E-state index in [1.54, 1.807) is 6.07 Å². The van der Waals surface area contributed by atoms with E-state index in [0.29, 0.717) is 46.2 Å². The number of nitrogens with one attached hydrogen (secondary N) is 1. The molecule has 6 nitrogen and oxygen atoms in total. The second-order valence-corrected chi connectivity index (χ2v) is 8.67. The minimum absolute atomic E-state index is 0.0955. The number of carbonyl (C=O) groups is 2. The van der Waals surface area contributed by atoms with Gasteiger partial charge in [0.1, 0.15) is 6.61 Å². The Hall–Kier alpha value is -3.25. The van der Waals surface area contributed by atoms with Gasteiger partial charge in [0.05, 0.1) is 28.6 Å². The normalized spacial score (nSPS) is 16.6. The van der Waals surface area contributed by atoms with E-state index in [-0.39, 0.29) is 12.4 Å². The highest BCUT2D eigenvalue weighted by atomic mass is 127. The van der Waals surface area contributed by atoms with E-state index in [1.165, 1.54) is 7.11 Å². The SMILES string of the molecule is C#CCOc1c(I)cc([C@H]2C(C(=O)OC)=C(C)NC3=C2C(=O)c2ccccc23)cc1OCC. The first-order chi connectivity index (χ1) is 15.9. The Balaban J connectivity index is 1.94. The topological polar surface area (TPSA) is 73.9 Å². The molecular formula is C26H22INO5. The maximum Gasteiger partial charge on any atom is 0.336 e. The molecule has 0 saturated carbocycles. The number of dihydropyridines is 1. The van der Waals surface area contributed by atoms with Crippen molar-refractivity contribution in [3.05, 3.63) is 73.5 Å². The number of hydrogen-bond donors (Lipinski definition) is 1. The van der Waals surface area contributed by atoms with Gasteiger partial charge in [-0.05, 0) is 54.1 Å². The number of halogens is 1. The molecule has 0 radical (unpaired) electrons. The van der Waals surface area contributed by atoms with Crippen LogP contribution in [0.15, 0.2) is 53.2 Å². The Labute approximate surface area is 206 Å². The van der Waals surface area contributed by atoms with Gasteiger partial charge in [-0.2, -0.15) is 0 Å². The summed E-state index contributed by atoms with van der Waals surface area (Å²) in [5, 5.41) is 3.28. The number of rotatable bonds is 6. The third-order valence-electron chi connectivity index (χ3n) is 5.62. The number of methoxy groups -OCH3 is 1. The molecule has 0 saturated heterocycles. The summed E-state index contributed by atoms with van der Waals surface area (Å²) >= 11 is 2.15. The van der Waals surface area contributed by atoms with Crippen LogP contribution >= 0.6 is 22.6 Å². The van der Waals surface area contributed by atoms with Crippen molar-refractivity contribution >= 4 is 40.0 Å². The molecule has 2 aromatic carbocycles. The molecule has 4 rings (SSSR count). The van der Waals surface area contributed by atoms with Crippen LogP contribution in [0.1, 0.15) is 41.3 Å². The fourth-order valence-electron chi connectivity index (χ4n) is 4.31. The highest BCUT2D eigenvalue weighted by molar-refractivity contribution is 14.1. The number of ketones is 1. The van der Waals surface area contributed by atoms with Crippen molar-refractivity contribution in [1.29, 1.82) is 0 Å². The van der Waals surface area contributed by atoms with Crippen molar-refractivity contribution in [3.8, 4) is 23.8 Å². The lowest BCUT2D eigenvalue weighted by atomic mass is 9.79. The van der Waals surface area contributed by atoms with Crippen molar-refractivity contribution in [1.82, 2.24) is 5.32 Å². The lowest BCUT2D eigenvalue weighted by Gasteiger charge is -2.29. The average Bonchev–Trinajstić information content (AvgIpc) is 3.09. The molecule has 1 aliphatic heterocycles. The van der Waals surface area contributed by atoms with Gasteiger partial charge in [-0.3, -0.25) is 4.79 Å². The molecule has 0 spiro atoms. The van der Waals surface area contributed by atoms with E-state index in [9.17, 15) is 9.59 Å². The predicted octanol–water partition coefficient (Wildman–Crippen LogP) is 4.44. The summed E-state index contributed by atoms with van der Waals surface area (Å²) in [5.41, 5.74) is 4.39. The average molecular weight is 555 g/mol. The first-order valence-corrected chi connectivity index (χ1v) is 11.5. The molecule has 0 fully saturated rings. The molecule has 1 heterocycles. The zero-order valence-corrected chi connectivity index (χ0v) is 20.6. The van der Waals surface area contributed by atoms with E-state index in [0.717, 1.165) is 14.7 Å². The minimum atomic E-state index is -0.636. The van der Waals surface area contributed by atoms with Crippen molar-refractivity contribution in [2.24, 2.45) is 0 Å². The second kappa shape index (κ2) is 9.32. The monoisotopic (exact) mass is 555 g/mol. The number of Topliss-reactive ketones (excluding diaryl/α,β-unsaturated/α-hetero) is 1. The Kier molecular flexibility index (Phi) is 6.47. The summed E-state index contributed by atoms with van der Waals surface area (Å²) in [6.07, 6.45) is 5.37. The molecule has 1 atom stereocenters. The molecular weight excluding hydrogens is 533 g/mol. The Morgan fingerprint density at radius 3 is 2.61 bits per heavy atom. The number of benzene rings is 2. The largest absolute Gasteiger partial charge is 0.490 e. The van der Waals surface area contributed by atoms with E-state index in [2.05, 4.69) is 33.8 Å². The number of carbonyl (C=O) groups excluding carboxylic acids is 2. The molecule has 1 aliphatic carbocycles. The van der Waals surface area contributed by atoms with Crippen LogP contribution in [-0.2, 0) is 9.53 Å². The third kappa shape index (κ3) is 3.89. The zero-order valence-electron chi connectivity index (χ0n) is 18.5. The molecule has 2 aliphatic rings. The predicted molar refractivity (Wildman–Crippen MR) is 133 cm³/mol. The maximum atomic E-state index is 13.5. The molecule has 0 amide bonds. The van der Waals surface area contributed by atoms with Crippen LogP contribution in [0, 0.1) is 15.9 Å². The van der Waals surface area contributed by atoms with Gasteiger partial charge >= 0.3 is 5.97 Å². The van der Waals surface area contributed by atoms with Gasteiger partial charge in [0.15, 0.2) is 17.3 Å². The van der Waals surface area contributed by atoms with Crippen molar-refractivity contribution in [2.75, 3.05) is 20.3 Å². The van der Waals surface area contributed by atoms with Crippen LogP contribution < -0.4 is 14.8 Å². The minimum Gasteiger partial charge on any atom is -0.490 e. The summed E-state index contributed by atoms with van der Waals surface area (Å²) in [6.45, 7) is 4.19. The van der Waals surface area contributed by atoms with Crippen LogP contribution in [0.4, 0.5) is 0 Å². The number of hydrogen-bond acceptors (Lipinski definition) is 6. The molecule has 0 unspecified atom stereocenters. The highest BCUT2D eigenvalue weighted by Crippen LogP contribution is 2.48. The van der Waals surface area contributed by atoms with Crippen LogP contribution in [0.3, 0.4) is 0 Å². The molecule has 7 heteroatoms. The first kappa shape index (κ1) is 22.9. The molecule has 1 N–H and O–H groups in total. The standard InChI is InChI=1S/C26H22INO5/c1-5-11-33-25-18(27)12-15(13-19(25)32-6-2)21-20(26(30)31-4)14(3)28-23-16-9-7-8-10-17(16)24(29)22(21)23/h1,7-10,12-13,21,28H,6,11H2,2-4H3/t21-/m0/s1. The van der Waals surface area contributed by atoms with Crippen LogP contribution in [0.5, 0.6) is 11.5 Å². The number of fused-ring (bicyclic) bond motifs is 2. The fraction of sp³-hybridized carbons (Fsp3) is 0.231. The van der Waals surface area contributed by atoms with Gasteiger partial charge in [0.25, 0.3) is 0 Å². The Morgan fingerprint density at radius 1 is 1.21 bits per heavy atom. The fourth-order valence-corrected chi connectivity index (χ4v) is 5.10. The van der Waals surface area contributed by atoms with E-state index < -0.39 is 11.9 Å². The highest BCUT2D eigenvalue weighted by Gasteiger charge is 2.43. The summed E-state index contributed by atoms with van der Waals surface area (Å²) in [4.78, 5) is 26.4. The second-order valence-electron chi connectivity index (χ2n) is 7.51. The molecule has 2 aromatic rings. The quantitative estimate of drug-likeness (QED) is 0.323. The van der Waals surface area contributed by atoms with Gasteiger partial charge in [-0.1, -0.05) is 30.2 Å². The summed E-state index contributed by atoms with van der Waals surface area (Å²) < 4.78 is 17.4. The zero-order chi connectivity index (χ0) is 23.7. The van der Waals surface area contributed by atoms with Gasteiger partial charge in [-0.25, -0.2) is 4.79 Å². The first-order valence-electron chi connectivity index (χ1n) is 10.4. The summed E-state index contributed by atoms with van der Waals surface area (Å²) in [6, 6.07) is 11.1. The number of terminal acetylenes is 1. The molecule has 0 bridgehead atoms. The third-order valence-corrected chi connectivity index (χ3v) is 6.42. The number of esters is 1. The van der Waals surface area contributed by atoms with Gasteiger partial charge in [0.2, 0.25) is 0 Å². The summed E-state index contributed by atoms with van der Waals surface area (Å²) in [7, 11) is 1.33. The molecule has 33 heavy (non-hydrogen) atoms. The maximum absolute atomic E-state index is 13.5. The molecule has 0 aromatic heterocycles. The van der Waals surface area contributed by atoms with Crippen LogP contribution in [-0.4, -0.2) is 32.1 Å². The number of allylic oxidation sites excluding steroid dienone is 2. The lowest BCUT2D eigenvalue weighted by Crippen LogP contribution is -2.29. The van der Waals surface area contributed by atoms with Gasteiger partial charge in [-0.15, -0.1) is 6.42 Å². The van der Waals surface area contributed by atoms with Crippen molar-refractivity contribution < 1.29 is 23.8 Å². The van der Waals surface area contributed by atoms with E-state index in [4.69, 9.17) is 20.6 Å². The molecule has 168 valence electrons. The van der Waals surface area contributed by atoms with Gasteiger partial charge in [0, 0.05) is 28.3 Å². The van der Waals surface area contributed by atoms with Crippen LogP contribution in [0.2, 0.25) is 0 Å². The Bertz CT molecular complexity index is 1270. The van der Waals surface area contributed by atoms with E-state index in [1.807, 2.05) is 44.2 Å². The van der Waals surface area contributed by atoms with Crippen molar-refractivity contribution in [3.63, 3.8) is 0 Å². The smallest absolute Gasteiger partial charge is 0.336 e. The number of ether oxygens (including phenoxy) is 3. The summed E-state index contributed by atoms with van der Waals surface area (Å²) in [5.74, 6) is 2.24. The lowest BCUT2D eigenvalue weighted by molar-refractivity contribution is -0.136. The van der Waals surface area contributed by atoms with Crippen molar-refractivity contribution in [2.45, 2.75) is 19.8 Å². The van der Waals surface area contributed by atoms with Gasteiger partial charge < -0.3 is 19.5 Å². The van der Waals surface area contributed by atoms with E-state index >= 15 is 0 Å². The Morgan fingerprint density at radius 2 is 1.94 bits per heavy atom. The van der Waals surface area contributed by atoms with Crippen LogP contribution in [0.25, 0.3) is 5.70 Å².